The zero-order valence-corrected chi connectivity index (χ0v) is 11.5. The van der Waals surface area contributed by atoms with Crippen LogP contribution in [-0.4, -0.2) is 20.9 Å². The molecule has 0 unspecified atom stereocenters. The highest BCUT2D eigenvalue weighted by Gasteiger charge is 2.16. The smallest absolute Gasteiger partial charge is 0.270 e. The molecule has 0 radical (unpaired) electrons. The molecule has 2 rings (SSSR count). The number of non-ortho nitro benzene ring substituents is 1. The van der Waals surface area contributed by atoms with E-state index >= 15 is 0 Å². The van der Waals surface area contributed by atoms with Crippen molar-refractivity contribution in [1.82, 2.24) is 10.2 Å². The monoisotopic (exact) mass is 291 g/mol. The van der Waals surface area contributed by atoms with Gasteiger partial charge in [0.25, 0.3) is 11.6 Å². The standard InChI is InChI=1S/C13H13N3O5/c1-3-12-14-15-13(21-12)7-20-11-5-4-9(16(18)19)6-10(11)8(2)17/h4-6H,3,7H2,1-2H3. The fourth-order valence-corrected chi connectivity index (χ4v) is 1.66. The first-order valence-electron chi connectivity index (χ1n) is 6.24. The summed E-state index contributed by atoms with van der Waals surface area (Å²) in [6, 6.07) is 3.84. The molecule has 110 valence electrons. The van der Waals surface area contributed by atoms with Gasteiger partial charge in [-0.25, -0.2) is 0 Å². The van der Waals surface area contributed by atoms with Crippen LogP contribution in [0.1, 0.15) is 36.0 Å². The molecule has 0 N–H and O–H groups in total. The van der Waals surface area contributed by atoms with E-state index in [-0.39, 0.29) is 35.3 Å². The third-order valence-corrected chi connectivity index (χ3v) is 2.72. The van der Waals surface area contributed by atoms with Crippen LogP contribution in [0, 0.1) is 10.1 Å². The van der Waals surface area contributed by atoms with Gasteiger partial charge in [-0.2, -0.15) is 0 Å². The maximum Gasteiger partial charge on any atom is 0.270 e. The number of benzene rings is 1. The third kappa shape index (κ3) is 3.41. The number of ketones is 1. The Balaban J connectivity index is 2.19. The lowest BCUT2D eigenvalue weighted by Gasteiger charge is -2.07. The second-order valence-electron chi connectivity index (χ2n) is 4.23. The molecule has 0 amide bonds. The fraction of sp³-hybridized carbons (Fsp3) is 0.308. The number of nitrogens with zero attached hydrogens (tertiary/aromatic N) is 3. The molecule has 21 heavy (non-hydrogen) atoms. The van der Waals surface area contributed by atoms with Crippen LogP contribution in [0.3, 0.4) is 0 Å². The van der Waals surface area contributed by atoms with Gasteiger partial charge < -0.3 is 9.15 Å². The van der Waals surface area contributed by atoms with Gasteiger partial charge in [0.1, 0.15) is 5.75 Å². The molecule has 0 bridgehead atoms. The van der Waals surface area contributed by atoms with Crippen molar-refractivity contribution in [3.63, 3.8) is 0 Å². The first kappa shape index (κ1) is 14.6. The summed E-state index contributed by atoms with van der Waals surface area (Å²) in [7, 11) is 0. The maximum atomic E-state index is 11.5. The van der Waals surface area contributed by atoms with Gasteiger partial charge in [-0.1, -0.05) is 6.92 Å². The Morgan fingerprint density at radius 3 is 2.67 bits per heavy atom. The number of aromatic nitrogens is 2. The lowest BCUT2D eigenvalue weighted by Crippen LogP contribution is -2.03. The molecular weight excluding hydrogens is 278 g/mol. The van der Waals surface area contributed by atoms with E-state index in [2.05, 4.69) is 10.2 Å². The molecule has 0 atom stereocenters. The summed E-state index contributed by atoms with van der Waals surface area (Å²) < 4.78 is 10.7. The van der Waals surface area contributed by atoms with Crippen molar-refractivity contribution in [2.45, 2.75) is 26.9 Å². The van der Waals surface area contributed by atoms with E-state index in [1.54, 1.807) is 0 Å². The number of aryl methyl sites for hydroxylation is 1. The number of ether oxygens (including phenoxy) is 1. The first-order valence-corrected chi connectivity index (χ1v) is 6.24. The number of carbonyl (C=O) groups excluding carboxylic acids is 1. The number of Topliss-reactive ketones (excluding diaryl/α,β-unsaturated/α-hetero) is 1. The van der Waals surface area contributed by atoms with Gasteiger partial charge in [-0.15, -0.1) is 10.2 Å². The Labute approximate surface area is 119 Å². The van der Waals surface area contributed by atoms with Crippen LogP contribution in [0.4, 0.5) is 5.69 Å². The average Bonchev–Trinajstić information content (AvgIpc) is 2.92. The van der Waals surface area contributed by atoms with Crippen molar-refractivity contribution in [2.24, 2.45) is 0 Å². The van der Waals surface area contributed by atoms with E-state index in [1.165, 1.54) is 25.1 Å². The predicted molar refractivity (Wildman–Crippen MR) is 71.1 cm³/mol. The third-order valence-electron chi connectivity index (χ3n) is 2.72. The Kier molecular flexibility index (Phi) is 4.27. The summed E-state index contributed by atoms with van der Waals surface area (Å²) in [4.78, 5) is 21.7. The molecule has 0 aliphatic heterocycles. The summed E-state index contributed by atoms with van der Waals surface area (Å²) in [6.45, 7) is 3.18. The molecule has 8 nitrogen and oxygen atoms in total. The van der Waals surface area contributed by atoms with Crippen molar-refractivity contribution in [2.75, 3.05) is 0 Å². The number of hydrogen-bond donors (Lipinski definition) is 0. The van der Waals surface area contributed by atoms with E-state index in [0.717, 1.165) is 0 Å². The zero-order chi connectivity index (χ0) is 15.4. The van der Waals surface area contributed by atoms with Crippen molar-refractivity contribution in [3.8, 4) is 5.75 Å². The molecule has 1 aromatic carbocycles. The number of hydrogen-bond acceptors (Lipinski definition) is 7. The molecule has 0 aliphatic carbocycles. The molecule has 0 fully saturated rings. The minimum atomic E-state index is -0.568. The maximum absolute atomic E-state index is 11.5. The van der Waals surface area contributed by atoms with Crippen molar-refractivity contribution in [1.29, 1.82) is 0 Å². The van der Waals surface area contributed by atoms with Crippen LogP contribution >= 0.6 is 0 Å². The largest absolute Gasteiger partial charge is 0.483 e. The Morgan fingerprint density at radius 2 is 2.10 bits per heavy atom. The van der Waals surface area contributed by atoms with Crippen molar-refractivity contribution in [3.05, 3.63) is 45.7 Å². The van der Waals surface area contributed by atoms with Crippen LogP contribution in [0.15, 0.2) is 22.6 Å². The number of rotatable bonds is 6. The lowest BCUT2D eigenvalue weighted by atomic mass is 10.1. The summed E-state index contributed by atoms with van der Waals surface area (Å²) >= 11 is 0. The fourth-order valence-electron chi connectivity index (χ4n) is 1.66. The van der Waals surface area contributed by atoms with Crippen LogP contribution in [0.2, 0.25) is 0 Å². The van der Waals surface area contributed by atoms with Gasteiger partial charge in [0.2, 0.25) is 5.89 Å². The topological polar surface area (TPSA) is 108 Å². The quantitative estimate of drug-likeness (QED) is 0.456. The summed E-state index contributed by atoms with van der Waals surface area (Å²) in [5.74, 6) is 0.682. The molecule has 8 heteroatoms. The summed E-state index contributed by atoms with van der Waals surface area (Å²) in [5.41, 5.74) is -0.0296. The molecule has 0 spiro atoms. The van der Waals surface area contributed by atoms with E-state index < -0.39 is 4.92 Å². The van der Waals surface area contributed by atoms with Crippen LogP contribution in [0.25, 0.3) is 0 Å². The Bertz CT molecular complexity index is 680. The molecule has 1 aromatic heterocycles. The molecular formula is C13H13N3O5. The minimum absolute atomic E-state index is 0.00884. The van der Waals surface area contributed by atoms with E-state index in [4.69, 9.17) is 9.15 Å². The van der Waals surface area contributed by atoms with Gasteiger partial charge in [0.15, 0.2) is 12.4 Å². The van der Waals surface area contributed by atoms with Gasteiger partial charge in [-0.3, -0.25) is 14.9 Å². The molecule has 1 heterocycles. The lowest BCUT2D eigenvalue weighted by molar-refractivity contribution is -0.384. The molecule has 0 saturated heterocycles. The SMILES string of the molecule is CCc1nnc(COc2ccc([N+](=O)[O-])cc2C(C)=O)o1. The van der Waals surface area contributed by atoms with Gasteiger partial charge in [-0.05, 0) is 13.0 Å². The van der Waals surface area contributed by atoms with Gasteiger partial charge in [0, 0.05) is 18.6 Å². The Hall–Kier alpha value is -2.77. The van der Waals surface area contributed by atoms with E-state index in [0.29, 0.717) is 12.3 Å². The number of carbonyl (C=O) groups is 1. The summed E-state index contributed by atoms with van der Waals surface area (Å²) in [5, 5.41) is 18.3. The molecule has 0 saturated carbocycles. The molecule has 2 aromatic rings. The van der Waals surface area contributed by atoms with E-state index in [1.807, 2.05) is 6.92 Å². The second kappa shape index (κ2) is 6.12. The highest BCUT2D eigenvalue weighted by Crippen LogP contribution is 2.25. The van der Waals surface area contributed by atoms with Gasteiger partial charge in [0.05, 0.1) is 10.5 Å². The highest BCUT2D eigenvalue weighted by molar-refractivity contribution is 5.97. The average molecular weight is 291 g/mol. The van der Waals surface area contributed by atoms with Crippen LogP contribution < -0.4 is 4.74 Å². The first-order chi connectivity index (χ1) is 10.0. The predicted octanol–water partition coefficient (Wildman–Crippen LogP) is 2.32. The number of nitro groups is 1. The van der Waals surface area contributed by atoms with Crippen LogP contribution in [0.5, 0.6) is 5.75 Å². The van der Waals surface area contributed by atoms with Gasteiger partial charge >= 0.3 is 0 Å². The molecule has 0 aliphatic rings. The number of nitro benzene ring substituents is 1. The highest BCUT2D eigenvalue weighted by atomic mass is 16.6. The zero-order valence-electron chi connectivity index (χ0n) is 11.5. The Morgan fingerprint density at radius 1 is 1.38 bits per heavy atom. The minimum Gasteiger partial charge on any atom is -0.483 e. The summed E-state index contributed by atoms with van der Waals surface area (Å²) in [6.07, 6.45) is 0.614. The van der Waals surface area contributed by atoms with E-state index in [9.17, 15) is 14.9 Å². The van der Waals surface area contributed by atoms with Crippen molar-refractivity contribution < 1.29 is 18.9 Å². The second-order valence-corrected chi connectivity index (χ2v) is 4.23. The normalized spacial score (nSPS) is 10.4. The van der Waals surface area contributed by atoms with Crippen molar-refractivity contribution >= 4 is 11.5 Å². The van der Waals surface area contributed by atoms with Crippen LogP contribution in [-0.2, 0) is 13.0 Å².